The van der Waals surface area contributed by atoms with E-state index in [1.165, 1.54) is 11.6 Å². The molecule has 0 aromatic carbocycles. The lowest BCUT2D eigenvalue weighted by molar-refractivity contribution is -0.390. The quantitative estimate of drug-likeness (QED) is 0.285. The van der Waals surface area contributed by atoms with Gasteiger partial charge in [0.05, 0.1) is 53.1 Å². The van der Waals surface area contributed by atoms with Crippen LogP contribution in [0, 0.1) is 20.2 Å². The Labute approximate surface area is 191 Å². The lowest BCUT2D eigenvalue weighted by atomic mass is 10.4. The van der Waals surface area contributed by atoms with Crippen molar-refractivity contribution in [2.24, 2.45) is 0 Å². The van der Waals surface area contributed by atoms with Gasteiger partial charge < -0.3 is 20.2 Å². The minimum Gasteiger partial charge on any atom is -0.358 e. The van der Waals surface area contributed by atoms with Gasteiger partial charge in [-0.2, -0.15) is 29.5 Å². The van der Waals surface area contributed by atoms with Crippen molar-refractivity contribution in [3.63, 3.8) is 0 Å². The number of carbonyl (C=O) groups excluding carboxylic acids is 1. The summed E-state index contributed by atoms with van der Waals surface area (Å²) in [5.74, 6) is 1.77. The molecular weight excluding hydrogens is 488 g/mol. The Hall–Kier alpha value is -2.50. The molecule has 0 aliphatic carbocycles. The fourth-order valence-corrected chi connectivity index (χ4v) is 4.22. The predicted octanol–water partition coefficient (Wildman–Crippen LogP) is 1.59. The SMILES string of the molecule is CC(=O)SCCn1nc([N+](=O)[O-])cc1COS(C)(=O)=O.O=[N+]([O-])c1cc2n(n1)CCSC2. The molecule has 3 rings (SSSR count). The highest BCUT2D eigenvalue weighted by atomic mass is 32.2. The monoisotopic (exact) mass is 508 g/mol. The second kappa shape index (κ2) is 11.4. The van der Waals surface area contributed by atoms with Gasteiger partial charge in [-0.25, -0.2) is 0 Å². The van der Waals surface area contributed by atoms with E-state index >= 15 is 0 Å². The Morgan fingerprint density at radius 1 is 1.25 bits per heavy atom. The zero-order valence-electron chi connectivity index (χ0n) is 17.1. The highest BCUT2D eigenvalue weighted by molar-refractivity contribution is 8.13. The van der Waals surface area contributed by atoms with E-state index in [2.05, 4.69) is 14.4 Å². The lowest BCUT2D eigenvalue weighted by Crippen LogP contribution is -2.11. The van der Waals surface area contributed by atoms with E-state index in [0.717, 1.165) is 47.8 Å². The van der Waals surface area contributed by atoms with Crippen LogP contribution in [0.1, 0.15) is 18.3 Å². The minimum absolute atomic E-state index is 0.0347. The van der Waals surface area contributed by atoms with E-state index in [0.29, 0.717) is 5.75 Å². The van der Waals surface area contributed by atoms with Crippen molar-refractivity contribution < 1.29 is 27.2 Å². The molecule has 0 N–H and O–H groups in total. The summed E-state index contributed by atoms with van der Waals surface area (Å²) in [6, 6.07) is 2.69. The molecule has 2 aromatic heterocycles. The Morgan fingerprint density at radius 3 is 2.47 bits per heavy atom. The van der Waals surface area contributed by atoms with E-state index in [9.17, 15) is 33.4 Å². The highest BCUT2D eigenvalue weighted by Crippen LogP contribution is 2.22. The molecular formula is C15H20N6O8S3. The second-order valence-electron chi connectivity index (χ2n) is 6.31. The number of aromatic nitrogens is 4. The normalized spacial score (nSPS) is 13.1. The molecule has 0 radical (unpaired) electrons. The molecule has 2 aromatic rings. The summed E-state index contributed by atoms with van der Waals surface area (Å²) < 4.78 is 29.4. The number of fused-ring (bicyclic) bond motifs is 1. The fourth-order valence-electron chi connectivity index (χ4n) is 2.45. The molecule has 176 valence electrons. The number of rotatable bonds is 8. The van der Waals surface area contributed by atoms with E-state index in [1.807, 2.05) is 0 Å². The first-order chi connectivity index (χ1) is 15.0. The maximum absolute atomic E-state index is 10.9. The highest BCUT2D eigenvalue weighted by Gasteiger charge is 2.21. The number of nitro groups is 2. The van der Waals surface area contributed by atoms with Crippen LogP contribution in [0.3, 0.4) is 0 Å². The van der Waals surface area contributed by atoms with Crippen molar-refractivity contribution in [1.29, 1.82) is 0 Å². The predicted molar refractivity (Wildman–Crippen MR) is 117 cm³/mol. The van der Waals surface area contributed by atoms with Crippen molar-refractivity contribution in [3.8, 4) is 0 Å². The molecule has 0 fully saturated rings. The Balaban J connectivity index is 0.000000255. The van der Waals surface area contributed by atoms with Crippen LogP contribution in [0.25, 0.3) is 0 Å². The van der Waals surface area contributed by atoms with Gasteiger partial charge in [0.1, 0.15) is 6.61 Å². The third kappa shape index (κ3) is 8.21. The molecule has 0 atom stereocenters. The van der Waals surface area contributed by atoms with Gasteiger partial charge >= 0.3 is 11.6 Å². The van der Waals surface area contributed by atoms with Crippen LogP contribution >= 0.6 is 23.5 Å². The van der Waals surface area contributed by atoms with Gasteiger partial charge in [0.15, 0.2) is 5.12 Å². The fraction of sp³-hybridized carbons (Fsp3) is 0.533. The molecule has 14 nitrogen and oxygen atoms in total. The molecule has 1 aliphatic heterocycles. The van der Waals surface area contributed by atoms with Crippen molar-refractivity contribution in [3.05, 3.63) is 43.7 Å². The lowest BCUT2D eigenvalue weighted by Gasteiger charge is -2.07. The van der Waals surface area contributed by atoms with Crippen LogP contribution in [-0.4, -0.2) is 60.7 Å². The first-order valence-electron chi connectivity index (χ1n) is 8.94. The number of hydrogen-bond donors (Lipinski definition) is 0. The number of aryl methyl sites for hydroxylation is 2. The van der Waals surface area contributed by atoms with Gasteiger partial charge in [-0.3, -0.25) is 8.98 Å². The molecule has 0 unspecified atom stereocenters. The van der Waals surface area contributed by atoms with Gasteiger partial charge in [-0.15, -0.1) is 0 Å². The van der Waals surface area contributed by atoms with E-state index in [1.54, 1.807) is 22.5 Å². The maximum Gasteiger partial charge on any atom is 0.390 e. The molecule has 1 aliphatic rings. The first-order valence-corrected chi connectivity index (χ1v) is 12.9. The van der Waals surface area contributed by atoms with Crippen molar-refractivity contribution in [1.82, 2.24) is 19.6 Å². The molecule has 0 bridgehead atoms. The average molecular weight is 509 g/mol. The minimum atomic E-state index is -3.65. The summed E-state index contributed by atoms with van der Waals surface area (Å²) in [5.41, 5.74) is 1.21. The second-order valence-corrected chi connectivity index (χ2v) is 10.3. The Kier molecular flexibility index (Phi) is 9.17. The molecule has 0 spiro atoms. The topological polar surface area (TPSA) is 182 Å². The summed E-state index contributed by atoms with van der Waals surface area (Å²) in [4.78, 5) is 30.7. The molecule has 0 saturated heterocycles. The summed E-state index contributed by atoms with van der Waals surface area (Å²) in [5, 5.41) is 28.5. The molecule has 3 heterocycles. The smallest absolute Gasteiger partial charge is 0.358 e. The first kappa shape index (κ1) is 25.8. The van der Waals surface area contributed by atoms with Gasteiger partial charge in [-0.05, 0) is 9.85 Å². The maximum atomic E-state index is 10.9. The Morgan fingerprint density at radius 2 is 1.91 bits per heavy atom. The van der Waals surface area contributed by atoms with Crippen LogP contribution in [-0.2, 0) is 44.5 Å². The molecule has 32 heavy (non-hydrogen) atoms. The molecule has 17 heteroatoms. The number of hydrogen-bond acceptors (Lipinski definition) is 12. The van der Waals surface area contributed by atoms with Crippen LogP contribution in [0.4, 0.5) is 11.6 Å². The summed E-state index contributed by atoms with van der Waals surface area (Å²) >= 11 is 2.83. The van der Waals surface area contributed by atoms with Crippen molar-refractivity contribution >= 4 is 50.4 Å². The van der Waals surface area contributed by atoms with Gasteiger partial charge in [0.25, 0.3) is 10.1 Å². The average Bonchev–Trinajstić information content (AvgIpc) is 3.30. The summed E-state index contributed by atoms with van der Waals surface area (Å²) in [6.07, 6.45) is 0.883. The van der Waals surface area contributed by atoms with E-state index in [-0.39, 0.29) is 29.8 Å². The summed E-state index contributed by atoms with van der Waals surface area (Å²) in [7, 11) is -3.65. The number of carbonyl (C=O) groups is 1. The number of thioether (sulfide) groups is 2. The number of nitrogens with zero attached hydrogens (tertiary/aromatic N) is 6. The third-order valence-electron chi connectivity index (χ3n) is 3.80. The van der Waals surface area contributed by atoms with Crippen molar-refractivity contribution in [2.45, 2.75) is 32.4 Å². The zero-order valence-corrected chi connectivity index (χ0v) is 19.5. The zero-order chi connectivity index (χ0) is 23.9. The van der Waals surface area contributed by atoms with E-state index < -0.39 is 25.8 Å². The Bertz CT molecular complexity index is 1070. The van der Waals surface area contributed by atoms with Crippen LogP contribution in [0.15, 0.2) is 12.1 Å². The van der Waals surface area contributed by atoms with Crippen LogP contribution in [0.2, 0.25) is 0 Å². The van der Waals surface area contributed by atoms with Crippen molar-refractivity contribution in [2.75, 3.05) is 17.8 Å². The third-order valence-corrected chi connectivity index (χ3v) is 6.11. The van der Waals surface area contributed by atoms with Crippen LogP contribution in [0.5, 0.6) is 0 Å². The molecule has 0 saturated carbocycles. The van der Waals surface area contributed by atoms with Gasteiger partial charge in [0.2, 0.25) is 0 Å². The standard InChI is InChI=1S/C9H13N3O6S2.C6H7N3O2S/c1-7(13)19-4-3-11-8(6-18-20(2,16)17)5-9(10-11)12(14)15;10-9(11)6-3-5-4-12-2-1-8(5)7-6/h5H,3-4,6H2,1-2H3;3H,1-2,4H2. The molecule has 0 amide bonds. The van der Waals surface area contributed by atoms with Gasteiger partial charge in [0, 0.05) is 24.2 Å². The largest absolute Gasteiger partial charge is 0.390 e. The van der Waals surface area contributed by atoms with E-state index in [4.69, 9.17) is 0 Å². The van der Waals surface area contributed by atoms with Crippen LogP contribution < -0.4 is 0 Å². The summed E-state index contributed by atoms with van der Waals surface area (Å²) in [6.45, 7) is 2.09. The van der Waals surface area contributed by atoms with Gasteiger partial charge in [-0.1, -0.05) is 11.8 Å².